The molecule has 136 valence electrons. The van der Waals surface area contributed by atoms with Crippen LogP contribution in [-0.2, 0) is 4.79 Å². The summed E-state index contributed by atoms with van der Waals surface area (Å²) in [4.78, 5) is 43.4. The highest BCUT2D eigenvalue weighted by Gasteiger charge is 2.26. The van der Waals surface area contributed by atoms with Gasteiger partial charge in [0.1, 0.15) is 5.52 Å². The normalized spacial score (nSPS) is 18.4. The van der Waals surface area contributed by atoms with E-state index in [2.05, 4.69) is 10.3 Å². The second kappa shape index (κ2) is 6.21. The Hall–Kier alpha value is -3.30. The van der Waals surface area contributed by atoms with Crippen LogP contribution in [0.15, 0.2) is 22.6 Å². The molecule has 4 amide bonds. The molecule has 2 N–H and O–H groups in total. The van der Waals surface area contributed by atoms with Gasteiger partial charge in [-0.15, -0.1) is 0 Å². The minimum atomic E-state index is -0.926. The Balaban J connectivity index is 1.54. The van der Waals surface area contributed by atoms with Crippen LogP contribution in [0.5, 0.6) is 0 Å². The number of nitrogens with one attached hydrogen (secondary N) is 1. The third-order valence-corrected chi connectivity index (χ3v) is 4.55. The quantitative estimate of drug-likeness (QED) is 0.823. The van der Waals surface area contributed by atoms with Crippen molar-refractivity contribution in [3.05, 3.63) is 18.2 Å². The molecule has 2 fully saturated rings. The lowest BCUT2D eigenvalue weighted by Gasteiger charge is -2.31. The van der Waals surface area contributed by atoms with Gasteiger partial charge in [-0.1, -0.05) is 0 Å². The smallest absolute Gasteiger partial charge is 0.407 e. The molecule has 0 unspecified atom stereocenters. The minimum Gasteiger partial charge on any atom is -0.465 e. The number of rotatable bonds is 2. The number of fused-ring (bicyclic) bond motifs is 1. The predicted octanol–water partition coefficient (Wildman–Crippen LogP) is 1.07. The van der Waals surface area contributed by atoms with Gasteiger partial charge in [0, 0.05) is 50.9 Å². The Kier molecular flexibility index (Phi) is 3.86. The number of amides is 4. The van der Waals surface area contributed by atoms with Crippen molar-refractivity contribution >= 4 is 40.8 Å². The van der Waals surface area contributed by atoms with Gasteiger partial charge in [0.25, 0.3) is 6.01 Å². The number of imide groups is 1. The van der Waals surface area contributed by atoms with Crippen LogP contribution in [-0.4, -0.2) is 65.7 Å². The highest BCUT2D eigenvalue weighted by atomic mass is 16.4. The first-order chi connectivity index (χ1) is 12.5. The maximum absolute atomic E-state index is 12.0. The molecule has 0 atom stereocenters. The van der Waals surface area contributed by atoms with E-state index in [9.17, 15) is 14.4 Å². The SMILES string of the molecule is O=C1CCN(c2ccc3nc(N4CCN(C(=O)O)CC4)oc3c2)C(=O)N1. The maximum atomic E-state index is 12.0. The van der Waals surface area contributed by atoms with Crippen molar-refractivity contribution in [1.82, 2.24) is 15.2 Å². The van der Waals surface area contributed by atoms with E-state index in [0.29, 0.717) is 55.5 Å². The Morgan fingerprint density at radius 1 is 1.15 bits per heavy atom. The summed E-state index contributed by atoms with van der Waals surface area (Å²) in [6.07, 6.45) is -0.676. The van der Waals surface area contributed by atoms with Crippen LogP contribution in [0.4, 0.5) is 21.3 Å². The zero-order valence-corrected chi connectivity index (χ0v) is 13.8. The third kappa shape index (κ3) is 2.89. The second-order valence-corrected chi connectivity index (χ2v) is 6.16. The standard InChI is InChI=1S/C16H17N5O5/c22-13-3-4-21(14(23)18-13)10-1-2-11-12(9-10)26-15(17-11)19-5-7-20(8-6-19)16(24)25/h1-2,9H,3-8H2,(H,24,25)(H,18,22,23). The van der Waals surface area contributed by atoms with Gasteiger partial charge in [-0.2, -0.15) is 4.98 Å². The fraction of sp³-hybridized carbons (Fsp3) is 0.375. The molecule has 2 aromatic rings. The number of carbonyl (C=O) groups is 3. The molecule has 2 aliphatic rings. The summed E-state index contributed by atoms with van der Waals surface area (Å²) in [5.74, 6) is -0.283. The van der Waals surface area contributed by atoms with Gasteiger partial charge >= 0.3 is 12.1 Å². The topological polar surface area (TPSA) is 119 Å². The number of hydrogen-bond donors (Lipinski definition) is 2. The first kappa shape index (κ1) is 16.2. The van der Waals surface area contributed by atoms with Crippen LogP contribution in [0.25, 0.3) is 11.1 Å². The zero-order chi connectivity index (χ0) is 18.3. The van der Waals surface area contributed by atoms with Gasteiger partial charge in [-0.05, 0) is 12.1 Å². The van der Waals surface area contributed by atoms with Crippen molar-refractivity contribution in [1.29, 1.82) is 0 Å². The molecule has 26 heavy (non-hydrogen) atoms. The zero-order valence-electron chi connectivity index (χ0n) is 13.8. The molecule has 0 bridgehead atoms. The van der Waals surface area contributed by atoms with Crippen molar-refractivity contribution in [2.45, 2.75) is 6.42 Å². The van der Waals surface area contributed by atoms with E-state index in [1.807, 2.05) is 4.90 Å². The molecule has 2 aliphatic heterocycles. The van der Waals surface area contributed by atoms with Gasteiger partial charge in [0.2, 0.25) is 5.91 Å². The molecule has 0 aliphatic carbocycles. The number of anilines is 2. The molecule has 1 aromatic heterocycles. The first-order valence-corrected chi connectivity index (χ1v) is 8.26. The number of piperazine rings is 1. The minimum absolute atomic E-state index is 0.249. The lowest BCUT2D eigenvalue weighted by molar-refractivity contribution is -0.120. The highest BCUT2D eigenvalue weighted by Crippen LogP contribution is 2.27. The number of nitrogens with zero attached hydrogens (tertiary/aromatic N) is 4. The maximum Gasteiger partial charge on any atom is 0.407 e. The van der Waals surface area contributed by atoms with Gasteiger partial charge in [-0.25, -0.2) is 9.59 Å². The monoisotopic (exact) mass is 359 g/mol. The van der Waals surface area contributed by atoms with E-state index in [1.165, 1.54) is 9.80 Å². The fourth-order valence-corrected chi connectivity index (χ4v) is 3.10. The van der Waals surface area contributed by atoms with Crippen molar-refractivity contribution in [2.75, 3.05) is 42.5 Å². The van der Waals surface area contributed by atoms with Crippen LogP contribution >= 0.6 is 0 Å². The van der Waals surface area contributed by atoms with Crippen LogP contribution in [0.1, 0.15) is 6.42 Å². The third-order valence-electron chi connectivity index (χ3n) is 4.55. The van der Waals surface area contributed by atoms with Crippen molar-refractivity contribution in [3.8, 4) is 0 Å². The van der Waals surface area contributed by atoms with Gasteiger partial charge in [0.15, 0.2) is 5.58 Å². The van der Waals surface area contributed by atoms with E-state index >= 15 is 0 Å². The lowest BCUT2D eigenvalue weighted by Crippen LogP contribution is -2.49. The summed E-state index contributed by atoms with van der Waals surface area (Å²) in [6, 6.07) is 5.21. The molecule has 3 heterocycles. The molecule has 4 rings (SSSR count). The predicted molar refractivity (Wildman–Crippen MR) is 91.3 cm³/mol. The second-order valence-electron chi connectivity index (χ2n) is 6.16. The van der Waals surface area contributed by atoms with Crippen LogP contribution < -0.4 is 15.1 Å². The molecule has 10 nitrogen and oxygen atoms in total. The molecule has 0 spiro atoms. The Bertz CT molecular complexity index is 886. The van der Waals surface area contributed by atoms with Crippen LogP contribution in [0.2, 0.25) is 0 Å². The number of carboxylic acid groups (broad SMARTS) is 1. The van der Waals surface area contributed by atoms with E-state index in [1.54, 1.807) is 18.2 Å². The van der Waals surface area contributed by atoms with E-state index in [0.717, 1.165) is 0 Å². The Morgan fingerprint density at radius 2 is 1.92 bits per heavy atom. The van der Waals surface area contributed by atoms with E-state index in [-0.39, 0.29) is 12.3 Å². The van der Waals surface area contributed by atoms with E-state index < -0.39 is 12.1 Å². The molecular formula is C16H17N5O5. The number of urea groups is 1. The van der Waals surface area contributed by atoms with E-state index in [4.69, 9.17) is 9.52 Å². The van der Waals surface area contributed by atoms with Crippen LogP contribution in [0, 0.1) is 0 Å². The summed E-state index contributed by atoms with van der Waals surface area (Å²) in [7, 11) is 0. The molecular weight excluding hydrogens is 342 g/mol. The first-order valence-electron chi connectivity index (χ1n) is 8.26. The van der Waals surface area contributed by atoms with Gasteiger partial charge in [0.05, 0.1) is 0 Å². The summed E-state index contributed by atoms with van der Waals surface area (Å²) in [5.41, 5.74) is 1.81. The number of hydrogen-bond acceptors (Lipinski definition) is 6. The molecule has 2 saturated heterocycles. The number of oxazole rings is 1. The number of benzene rings is 1. The molecule has 0 radical (unpaired) electrons. The number of carbonyl (C=O) groups excluding carboxylic acids is 2. The summed E-state index contributed by atoms with van der Waals surface area (Å²) >= 11 is 0. The highest BCUT2D eigenvalue weighted by molar-refractivity contribution is 6.06. The summed E-state index contributed by atoms with van der Waals surface area (Å²) < 4.78 is 5.81. The van der Waals surface area contributed by atoms with Crippen LogP contribution in [0.3, 0.4) is 0 Å². The average Bonchev–Trinajstić information content (AvgIpc) is 3.05. The van der Waals surface area contributed by atoms with Gasteiger partial charge in [-0.3, -0.25) is 15.0 Å². The average molecular weight is 359 g/mol. The fourth-order valence-electron chi connectivity index (χ4n) is 3.10. The summed E-state index contributed by atoms with van der Waals surface area (Å²) in [6.45, 7) is 2.10. The van der Waals surface area contributed by atoms with Crippen molar-refractivity contribution in [3.63, 3.8) is 0 Å². The Labute approximate surface area is 148 Å². The summed E-state index contributed by atoms with van der Waals surface area (Å²) in [5, 5.41) is 11.3. The van der Waals surface area contributed by atoms with Gasteiger partial charge < -0.3 is 19.3 Å². The largest absolute Gasteiger partial charge is 0.465 e. The number of aromatic nitrogens is 1. The lowest BCUT2D eigenvalue weighted by atomic mass is 10.2. The van der Waals surface area contributed by atoms with Crippen molar-refractivity contribution < 1.29 is 23.9 Å². The molecule has 10 heteroatoms. The van der Waals surface area contributed by atoms with Crippen molar-refractivity contribution in [2.24, 2.45) is 0 Å². The molecule has 0 saturated carbocycles. The molecule has 1 aromatic carbocycles. The Morgan fingerprint density at radius 3 is 2.62 bits per heavy atom.